The first-order valence-electron chi connectivity index (χ1n) is 15.1. The summed E-state index contributed by atoms with van der Waals surface area (Å²) in [6, 6.07) is 34.2. The molecule has 0 unspecified atom stereocenters. The van der Waals surface area contributed by atoms with Gasteiger partial charge in [-0.1, -0.05) is 74.9 Å². The number of pyridine rings is 1. The molecule has 0 saturated heterocycles. The van der Waals surface area contributed by atoms with Crippen molar-refractivity contribution in [3.8, 4) is 16.9 Å². The minimum absolute atomic E-state index is 0.215. The van der Waals surface area contributed by atoms with Gasteiger partial charge in [0, 0.05) is 27.9 Å². The van der Waals surface area contributed by atoms with Crippen LogP contribution in [0.4, 0.5) is 0 Å². The molecule has 7 rings (SSSR count). The molecule has 7 aromatic rings. The molecule has 0 atom stereocenters. The Labute approximate surface area is 248 Å². The predicted octanol–water partition coefficient (Wildman–Crippen LogP) is 10.1. The summed E-state index contributed by atoms with van der Waals surface area (Å²) in [5.41, 5.74) is 11.9. The summed E-state index contributed by atoms with van der Waals surface area (Å²) < 4.78 is 4.73. The van der Waals surface area contributed by atoms with E-state index in [-0.39, 0.29) is 5.41 Å². The van der Waals surface area contributed by atoms with E-state index in [0.29, 0.717) is 0 Å². The molecule has 0 aliphatic carbocycles. The largest absolute Gasteiger partial charge is 0.309 e. The van der Waals surface area contributed by atoms with Gasteiger partial charge in [-0.3, -0.25) is 0 Å². The fraction of sp³-hybridized carbons (Fsp3) is 0.225. The molecule has 0 amide bonds. The van der Waals surface area contributed by atoms with Crippen molar-refractivity contribution in [2.24, 2.45) is 12.5 Å². The smallest absolute Gasteiger partial charge is 0.220 e. The van der Waals surface area contributed by atoms with Gasteiger partial charge in [0.25, 0.3) is 0 Å². The number of hydrogen-bond acceptors (Lipinski definition) is 0. The summed E-state index contributed by atoms with van der Waals surface area (Å²) in [7, 11) is 2.16. The zero-order valence-electron chi connectivity index (χ0n) is 25.8. The first-order chi connectivity index (χ1) is 20.1. The second-order valence-electron chi connectivity index (χ2n) is 13.4. The maximum atomic E-state index is 2.45. The zero-order valence-corrected chi connectivity index (χ0v) is 25.8. The van der Waals surface area contributed by atoms with Crippen molar-refractivity contribution in [1.82, 2.24) is 4.57 Å². The Balaban J connectivity index is 1.46. The van der Waals surface area contributed by atoms with Crippen molar-refractivity contribution < 1.29 is 4.57 Å². The molecule has 0 aliphatic rings. The first kappa shape index (κ1) is 26.5. The van der Waals surface area contributed by atoms with Crippen LogP contribution in [0.1, 0.15) is 43.0 Å². The molecule has 0 spiro atoms. The third-order valence-corrected chi connectivity index (χ3v) is 8.95. The Hall–Kier alpha value is -4.43. The Morgan fingerprint density at radius 3 is 2.26 bits per heavy atom. The van der Waals surface area contributed by atoms with Crippen LogP contribution < -0.4 is 4.57 Å². The van der Waals surface area contributed by atoms with Gasteiger partial charge in [-0.05, 0) is 96.5 Å². The molecule has 2 nitrogen and oxygen atoms in total. The lowest BCUT2D eigenvalue weighted by molar-refractivity contribution is -0.659. The minimum Gasteiger partial charge on any atom is -0.309 e. The van der Waals surface area contributed by atoms with Gasteiger partial charge in [0.2, 0.25) is 5.69 Å². The first-order valence-corrected chi connectivity index (χ1v) is 15.1. The van der Waals surface area contributed by atoms with Gasteiger partial charge in [-0.15, -0.1) is 0 Å². The molecule has 0 radical (unpaired) electrons. The average Bonchev–Trinajstić information content (AvgIpc) is 3.29. The fourth-order valence-corrected chi connectivity index (χ4v) is 7.03. The highest BCUT2D eigenvalue weighted by Crippen LogP contribution is 2.38. The highest BCUT2D eigenvalue weighted by molar-refractivity contribution is 6.13. The van der Waals surface area contributed by atoms with Crippen LogP contribution in [-0.2, 0) is 13.5 Å². The van der Waals surface area contributed by atoms with Gasteiger partial charge in [-0.2, -0.15) is 0 Å². The van der Waals surface area contributed by atoms with Crippen LogP contribution in [0, 0.1) is 26.2 Å². The van der Waals surface area contributed by atoms with Gasteiger partial charge in [0.05, 0.1) is 22.0 Å². The summed E-state index contributed by atoms with van der Waals surface area (Å²) in [6.07, 6.45) is 3.26. The molecule has 0 fully saturated rings. The zero-order chi connectivity index (χ0) is 29.3. The van der Waals surface area contributed by atoms with Crippen molar-refractivity contribution in [3.63, 3.8) is 0 Å². The summed E-state index contributed by atoms with van der Waals surface area (Å²) in [6.45, 7) is 13.6. The molecule has 2 heterocycles. The summed E-state index contributed by atoms with van der Waals surface area (Å²) >= 11 is 0. The lowest BCUT2D eigenvalue weighted by Crippen LogP contribution is -2.30. The Kier molecular flexibility index (Phi) is 6.02. The molecule has 42 heavy (non-hydrogen) atoms. The van der Waals surface area contributed by atoms with E-state index < -0.39 is 0 Å². The second-order valence-corrected chi connectivity index (χ2v) is 13.4. The van der Waals surface area contributed by atoms with Gasteiger partial charge >= 0.3 is 0 Å². The monoisotopic (exact) mass is 547 g/mol. The highest BCUT2D eigenvalue weighted by atomic mass is 15.0. The fourth-order valence-electron chi connectivity index (χ4n) is 7.03. The van der Waals surface area contributed by atoms with E-state index in [1.807, 2.05) is 0 Å². The second kappa shape index (κ2) is 9.56. The number of hydrogen-bond donors (Lipinski definition) is 0. The van der Waals surface area contributed by atoms with Crippen LogP contribution in [0.5, 0.6) is 0 Å². The van der Waals surface area contributed by atoms with E-state index in [1.54, 1.807) is 0 Å². The van der Waals surface area contributed by atoms with Crippen LogP contribution >= 0.6 is 0 Å². The number of benzene rings is 5. The van der Waals surface area contributed by atoms with Crippen LogP contribution in [0.25, 0.3) is 60.3 Å². The number of para-hydroxylation sites is 1. The maximum absolute atomic E-state index is 2.45. The number of aromatic nitrogens is 2. The standard InChI is InChI=1S/C40H39N2/c1-25-21-26(2)27(3)35(22-25)39-33-17-15-28-23-30(16-18-31(28)32(33)19-20-41(39)7)42-36-13-9-8-12-34(36)38-29(24-40(4,5)6)11-10-14-37(38)42/h8-23H,24H2,1-7H3/q+1. The van der Waals surface area contributed by atoms with Crippen molar-refractivity contribution in [2.75, 3.05) is 0 Å². The molecular weight excluding hydrogens is 508 g/mol. The molecule has 5 aromatic carbocycles. The average molecular weight is 548 g/mol. The third-order valence-electron chi connectivity index (χ3n) is 8.95. The van der Waals surface area contributed by atoms with Crippen molar-refractivity contribution in [2.45, 2.75) is 48.0 Å². The molecule has 2 heteroatoms. The molecule has 0 saturated carbocycles. The van der Waals surface area contributed by atoms with Crippen molar-refractivity contribution in [1.29, 1.82) is 0 Å². The quantitative estimate of drug-likeness (QED) is 0.154. The minimum atomic E-state index is 0.215. The van der Waals surface area contributed by atoms with Crippen molar-refractivity contribution >= 4 is 43.4 Å². The van der Waals surface area contributed by atoms with Gasteiger partial charge in [0.1, 0.15) is 7.05 Å². The molecule has 2 aromatic heterocycles. The lowest BCUT2D eigenvalue weighted by Gasteiger charge is -2.19. The highest BCUT2D eigenvalue weighted by Gasteiger charge is 2.21. The van der Waals surface area contributed by atoms with Crippen molar-refractivity contribution in [3.05, 3.63) is 119 Å². The number of fused-ring (bicyclic) bond motifs is 6. The lowest BCUT2D eigenvalue weighted by atomic mass is 9.86. The molecular formula is C40H39N2+. The summed E-state index contributed by atoms with van der Waals surface area (Å²) in [5.74, 6) is 0. The van der Waals surface area contributed by atoms with E-state index in [9.17, 15) is 0 Å². The maximum Gasteiger partial charge on any atom is 0.220 e. The van der Waals surface area contributed by atoms with Gasteiger partial charge < -0.3 is 4.57 Å². The molecule has 208 valence electrons. The van der Waals surface area contributed by atoms with E-state index in [4.69, 9.17) is 0 Å². The van der Waals surface area contributed by atoms with E-state index >= 15 is 0 Å². The van der Waals surface area contributed by atoms with Crippen LogP contribution in [0.2, 0.25) is 0 Å². The normalized spacial score (nSPS) is 12.3. The molecule has 0 aliphatic heterocycles. The summed E-state index contributed by atoms with van der Waals surface area (Å²) in [4.78, 5) is 0. The number of aryl methyl sites for hydroxylation is 3. The van der Waals surface area contributed by atoms with Gasteiger partial charge in [0.15, 0.2) is 6.20 Å². The van der Waals surface area contributed by atoms with Crippen LogP contribution in [0.3, 0.4) is 0 Å². The number of rotatable bonds is 3. The third kappa shape index (κ3) is 4.20. The Morgan fingerprint density at radius 2 is 1.45 bits per heavy atom. The van der Waals surface area contributed by atoms with Gasteiger partial charge in [-0.25, -0.2) is 4.57 Å². The van der Waals surface area contributed by atoms with E-state index in [1.165, 1.54) is 82.5 Å². The molecule has 0 N–H and O–H groups in total. The van der Waals surface area contributed by atoms with E-state index in [2.05, 4.69) is 155 Å². The Morgan fingerprint density at radius 1 is 0.690 bits per heavy atom. The van der Waals surface area contributed by atoms with E-state index in [0.717, 1.165) is 6.42 Å². The Bertz CT molecular complexity index is 2190. The number of nitrogens with zero attached hydrogens (tertiary/aromatic N) is 2. The topological polar surface area (TPSA) is 8.81 Å². The van der Waals surface area contributed by atoms with Crippen LogP contribution in [0.15, 0.2) is 97.2 Å². The SMILES string of the molecule is Cc1cc(C)c(C)c(-c2c3ccc4cc(-n5c6ccccc6c6c(CC(C)(C)C)cccc65)ccc4c3cc[n+]2C)c1. The molecule has 0 bridgehead atoms. The van der Waals surface area contributed by atoms with Crippen LogP contribution in [-0.4, -0.2) is 4.57 Å². The summed E-state index contributed by atoms with van der Waals surface area (Å²) in [5, 5.41) is 7.83. The predicted molar refractivity (Wildman–Crippen MR) is 180 cm³/mol.